The maximum atomic E-state index is 13.3. The summed E-state index contributed by atoms with van der Waals surface area (Å²) in [4.78, 5) is -0.0190. The molecule has 2 N–H and O–H groups in total. The number of aryl methyl sites for hydroxylation is 1. The molecule has 0 atom stereocenters. The van der Waals surface area contributed by atoms with Gasteiger partial charge in [0.25, 0.3) is 0 Å². The fourth-order valence-corrected chi connectivity index (χ4v) is 4.75. The second-order valence-corrected chi connectivity index (χ2v) is 12.0. The summed E-state index contributed by atoms with van der Waals surface area (Å²) in [7, 11) is -3.77. The van der Waals surface area contributed by atoms with Crippen LogP contribution in [0.15, 0.2) is 34.3 Å². The van der Waals surface area contributed by atoms with E-state index in [1.54, 1.807) is 20.8 Å². The lowest BCUT2D eigenvalue weighted by atomic mass is 10.00. The summed E-state index contributed by atoms with van der Waals surface area (Å²) in [5.41, 5.74) is 3.19. The zero-order valence-corrected chi connectivity index (χ0v) is 20.6. The third-order valence-electron chi connectivity index (χ3n) is 5.28. The molecule has 5 heteroatoms. The molecular formula is C25H40O4S. The van der Waals surface area contributed by atoms with E-state index in [2.05, 4.69) is 26.8 Å². The highest BCUT2D eigenvalue weighted by Crippen LogP contribution is 2.41. The van der Waals surface area contributed by atoms with Crippen molar-refractivity contribution in [3.8, 4) is 11.5 Å². The number of allylic oxidation sites excluding steroid dienone is 4. The monoisotopic (exact) mass is 436 g/mol. The van der Waals surface area contributed by atoms with Gasteiger partial charge in [0.2, 0.25) is 0 Å². The molecule has 0 saturated heterocycles. The Morgan fingerprint density at radius 2 is 1.70 bits per heavy atom. The van der Waals surface area contributed by atoms with Gasteiger partial charge in [-0.05, 0) is 85.3 Å². The van der Waals surface area contributed by atoms with Gasteiger partial charge in [0, 0.05) is 5.56 Å². The molecule has 0 fully saturated rings. The highest BCUT2D eigenvalue weighted by molar-refractivity contribution is 7.93. The molecule has 30 heavy (non-hydrogen) atoms. The first-order chi connectivity index (χ1) is 13.8. The summed E-state index contributed by atoms with van der Waals surface area (Å²) in [6.07, 6.45) is 9.53. The van der Waals surface area contributed by atoms with Crippen molar-refractivity contribution in [3.05, 3.63) is 40.5 Å². The van der Waals surface area contributed by atoms with Gasteiger partial charge < -0.3 is 10.2 Å². The smallest absolute Gasteiger partial charge is 0.187 e. The van der Waals surface area contributed by atoms with Crippen LogP contribution in [0.1, 0.15) is 91.7 Å². The van der Waals surface area contributed by atoms with Gasteiger partial charge in [-0.25, -0.2) is 8.42 Å². The average molecular weight is 437 g/mol. The van der Waals surface area contributed by atoms with Crippen LogP contribution in [-0.2, 0) is 22.7 Å². The molecule has 1 aromatic rings. The molecule has 0 amide bonds. The van der Waals surface area contributed by atoms with Gasteiger partial charge in [-0.3, -0.25) is 0 Å². The maximum Gasteiger partial charge on any atom is 0.187 e. The SMILES string of the molecule is CCCCCc1cc(O)c(CC=C(C)CCC=C(C)C)c(O)c1S(=O)(=O)C(C)(C)C. The van der Waals surface area contributed by atoms with Crippen molar-refractivity contribution in [2.45, 2.75) is 103 Å². The summed E-state index contributed by atoms with van der Waals surface area (Å²) in [5, 5.41) is 21.6. The van der Waals surface area contributed by atoms with Crippen LogP contribution in [0.2, 0.25) is 0 Å². The van der Waals surface area contributed by atoms with Crippen LogP contribution < -0.4 is 0 Å². The topological polar surface area (TPSA) is 74.6 Å². The van der Waals surface area contributed by atoms with Crippen LogP contribution in [-0.4, -0.2) is 23.4 Å². The zero-order chi connectivity index (χ0) is 23.1. The number of benzene rings is 1. The Morgan fingerprint density at radius 3 is 2.23 bits per heavy atom. The predicted octanol–water partition coefficient (Wildman–Crippen LogP) is 6.64. The summed E-state index contributed by atoms with van der Waals surface area (Å²) < 4.78 is 25.5. The largest absolute Gasteiger partial charge is 0.508 e. The van der Waals surface area contributed by atoms with Crippen LogP contribution in [0, 0.1) is 0 Å². The van der Waals surface area contributed by atoms with Crippen molar-refractivity contribution >= 4 is 9.84 Å². The van der Waals surface area contributed by atoms with E-state index in [0.29, 0.717) is 18.4 Å². The van der Waals surface area contributed by atoms with E-state index in [1.165, 1.54) is 11.6 Å². The van der Waals surface area contributed by atoms with Gasteiger partial charge in [-0.1, -0.05) is 43.1 Å². The second-order valence-electron chi connectivity index (χ2n) is 9.36. The van der Waals surface area contributed by atoms with Gasteiger partial charge in [-0.15, -0.1) is 0 Å². The minimum atomic E-state index is -3.77. The van der Waals surface area contributed by atoms with Crippen LogP contribution >= 0.6 is 0 Å². The zero-order valence-electron chi connectivity index (χ0n) is 19.8. The molecule has 1 aromatic carbocycles. The van der Waals surface area contributed by atoms with Gasteiger partial charge >= 0.3 is 0 Å². The average Bonchev–Trinajstić information content (AvgIpc) is 2.60. The second kappa shape index (κ2) is 11.0. The highest BCUT2D eigenvalue weighted by Gasteiger charge is 2.36. The van der Waals surface area contributed by atoms with Gasteiger partial charge in [0.05, 0.1) is 4.75 Å². The first kappa shape index (κ1) is 26.3. The lowest BCUT2D eigenvalue weighted by Gasteiger charge is -2.24. The van der Waals surface area contributed by atoms with Crippen molar-refractivity contribution < 1.29 is 18.6 Å². The van der Waals surface area contributed by atoms with Crippen molar-refractivity contribution in [2.75, 3.05) is 0 Å². The summed E-state index contributed by atoms with van der Waals surface area (Å²) in [5.74, 6) is -0.343. The molecule has 0 unspecified atom stereocenters. The number of aromatic hydroxyl groups is 2. The number of hydrogen-bond donors (Lipinski definition) is 2. The molecule has 0 radical (unpaired) electrons. The molecule has 0 aliphatic carbocycles. The quantitative estimate of drug-likeness (QED) is 0.318. The minimum Gasteiger partial charge on any atom is -0.508 e. The van der Waals surface area contributed by atoms with E-state index in [9.17, 15) is 18.6 Å². The summed E-state index contributed by atoms with van der Waals surface area (Å²) in [6.45, 7) is 13.1. The molecular weight excluding hydrogens is 396 g/mol. The predicted molar refractivity (Wildman–Crippen MR) is 126 cm³/mol. The standard InChI is InChI=1S/C25H40O4S/c1-8-9-10-14-20-17-22(26)21(16-15-19(4)13-11-12-18(2)3)23(27)24(20)30(28,29)25(5,6)7/h12,15,17,26-27H,8-11,13-14,16H2,1-7H3. The fourth-order valence-electron chi connectivity index (χ4n) is 3.25. The highest BCUT2D eigenvalue weighted by atomic mass is 32.2. The van der Waals surface area contributed by atoms with E-state index in [1.807, 2.05) is 13.0 Å². The Bertz CT molecular complexity index is 881. The Balaban J connectivity index is 3.39. The molecule has 4 nitrogen and oxygen atoms in total. The third-order valence-corrected chi connectivity index (χ3v) is 7.89. The fraction of sp³-hybridized carbons (Fsp3) is 0.600. The number of hydrogen-bond acceptors (Lipinski definition) is 4. The minimum absolute atomic E-state index is 0.0190. The molecule has 0 spiro atoms. The summed E-state index contributed by atoms with van der Waals surface area (Å²) in [6, 6.07) is 1.54. The molecule has 0 aliphatic heterocycles. The molecule has 0 saturated carbocycles. The molecule has 0 aromatic heterocycles. The number of sulfone groups is 1. The van der Waals surface area contributed by atoms with Crippen molar-refractivity contribution in [3.63, 3.8) is 0 Å². The summed E-state index contributed by atoms with van der Waals surface area (Å²) >= 11 is 0. The Labute approximate surface area is 183 Å². The molecule has 0 aliphatic rings. The lowest BCUT2D eigenvalue weighted by Crippen LogP contribution is -2.29. The van der Waals surface area contributed by atoms with Crippen LogP contribution in [0.25, 0.3) is 0 Å². The maximum absolute atomic E-state index is 13.3. The number of phenols is 2. The van der Waals surface area contributed by atoms with Gasteiger partial charge in [0.1, 0.15) is 16.4 Å². The van der Waals surface area contributed by atoms with Crippen LogP contribution in [0.3, 0.4) is 0 Å². The van der Waals surface area contributed by atoms with Crippen molar-refractivity contribution in [1.29, 1.82) is 0 Å². The number of unbranched alkanes of at least 4 members (excludes halogenated alkanes) is 2. The molecule has 0 bridgehead atoms. The van der Waals surface area contributed by atoms with E-state index < -0.39 is 14.6 Å². The Morgan fingerprint density at radius 1 is 1.07 bits per heavy atom. The van der Waals surface area contributed by atoms with Crippen molar-refractivity contribution in [1.82, 2.24) is 0 Å². The molecule has 1 rings (SSSR count). The van der Waals surface area contributed by atoms with Crippen molar-refractivity contribution in [2.24, 2.45) is 0 Å². The van der Waals surface area contributed by atoms with E-state index in [4.69, 9.17) is 0 Å². The molecule has 0 heterocycles. The van der Waals surface area contributed by atoms with Crippen LogP contribution in [0.4, 0.5) is 0 Å². The number of phenolic OH excluding ortho intramolecular Hbond substituents is 2. The Hall–Kier alpha value is -1.75. The lowest BCUT2D eigenvalue weighted by molar-refractivity contribution is 0.426. The van der Waals surface area contributed by atoms with E-state index >= 15 is 0 Å². The Kier molecular flexibility index (Phi) is 9.67. The normalized spacial score (nSPS) is 12.8. The van der Waals surface area contributed by atoms with E-state index in [0.717, 1.165) is 37.7 Å². The third kappa shape index (κ3) is 6.90. The first-order valence-corrected chi connectivity index (χ1v) is 12.4. The van der Waals surface area contributed by atoms with Gasteiger partial charge in [-0.2, -0.15) is 0 Å². The molecule has 170 valence electrons. The number of rotatable bonds is 10. The van der Waals surface area contributed by atoms with E-state index in [-0.39, 0.29) is 22.0 Å². The van der Waals surface area contributed by atoms with Gasteiger partial charge in [0.15, 0.2) is 9.84 Å². The van der Waals surface area contributed by atoms with Crippen LogP contribution in [0.5, 0.6) is 11.5 Å². The first-order valence-electron chi connectivity index (χ1n) is 10.9.